The Morgan fingerprint density at radius 2 is 2.03 bits per heavy atom. The maximum Gasteiger partial charge on any atom is 0.319 e. The van der Waals surface area contributed by atoms with E-state index in [0.717, 1.165) is 54.2 Å². The van der Waals surface area contributed by atoms with Crippen LogP contribution in [-0.4, -0.2) is 29.0 Å². The second-order valence-electron chi connectivity index (χ2n) is 10.1. The van der Waals surface area contributed by atoms with Crippen LogP contribution in [0.5, 0.6) is 0 Å². The molecule has 0 unspecified atom stereocenters. The summed E-state index contributed by atoms with van der Waals surface area (Å²) >= 11 is 1.22. The molecule has 2 N–H and O–H groups in total. The van der Waals surface area contributed by atoms with Crippen LogP contribution in [0.15, 0.2) is 54.7 Å². The first-order valence-electron chi connectivity index (χ1n) is 11.9. The van der Waals surface area contributed by atoms with Crippen molar-refractivity contribution in [2.24, 2.45) is 5.41 Å². The molecule has 0 saturated carbocycles. The summed E-state index contributed by atoms with van der Waals surface area (Å²) in [5, 5.41) is 6.07. The van der Waals surface area contributed by atoms with Gasteiger partial charge in [0.25, 0.3) is 0 Å². The van der Waals surface area contributed by atoms with Crippen LogP contribution in [0.1, 0.15) is 54.4 Å². The van der Waals surface area contributed by atoms with Crippen LogP contribution >= 0.6 is 11.3 Å². The molecule has 7 heteroatoms. The number of nitrogens with one attached hydrogen (secondary N) is 2. The number of likely N-dealkylation sites (tertiary alicyclic amines) is 1. The van der Waals surface area contributed by atoms with Gasteiger partial charge < -0.3 is 10.6 Å². The van der Waals surface area contributed by atoms with Gasteiger partial charge in [-0.2, -0.15) is 4.39 Å². The smallest absolute Gasteiger partial charge is 0.319 e. The van der Waals surface area contributed by atoms with Gasteiger partial charge in [-0.05, 0) is 82.0 Å². The van der Waals surface area contributed by atoms with E-state index in [2.05, 4.69) is 52.6 Å². The van der Waals surface area contributed by atoms with Crippen molar-refractivity contribution in [1.29, 1.82) is 0 Å². The topological polar surface area (TPSA) is 57.3 Å². The number of fused-ring (bicyclic) bond motifs is 1. The summed E-state index contributed by atoms with van der Waals surface area (Å²) < 4.78 is 13.7. The van der Waals surface area contributed by atoms with E-state index in [4.69, 9.17) is 0 Å². The molecule has 1 fully saturated rings. The standard InChI is InChI=1S/C27H31FN4OS/c1-18-8-9-19(16-29-18)26(2,3)32-15-14-27(17-32,13-12-20-10-11-23(28)34-20)24-21-6-4-5-7-22(21)30-25(33)31-24/h4-11,16,24H,12-15,17H2,1-3H3,(H2,30,31,33)/t24-,27+/m0/s1. The Balaban J connectivity index is 1.49. The lowest BCUT2D eigenvalue weighted by atomic mass is 9.71. The van der Waals surface area contributed by atoms with Gasteiger partial charge >= 0.3 is 6.03 Å². The fraction of sp³-hybridized carbons (Fsp3) is 0.407. The lowest BCUT2D eigenvalue weighted by Crippen LogP contribution is -2.49. The fourth-order valence-electron chi connectivity index (χ4n) is 5.54. The third-order valence-corrected chi connectivity index (χ3v) is 8.63. The van der Waals surface area contributed by atoms with Gasteiger partial charge in [-0.1, -0.05) is 24.3 Å². The molecule has 2 aromatic heterocycles. The summed E-state index contributed by atoms with van der Waals surface area (Å²) in [4.78, 5) is 20.8. The number of carbonyl (C=O) groups excluding carboxylic acids is 1. The maximum atomic E-state index is 13.7. The molecule has 2 aliphatic rings. The minimum absolute atomic E-state index is 0.112. The largest absolute Gasteiger partial charge is 0.330 e. The third kappa shape index (κ3) is 4.23. The number of aromatic nitrogens is 1. The van der Waals surface area contributed by atoms with E-state index in [1.807, 2.05) is 37.4 Å². The minimum Gasteiger partial charge on any atom is -0.330 e. The van der Waals surface area contributed by atoms with Crippen molar-refractivity contribution in [3.63, 3.8) is 0 Å². The first-order valence-corrected chi connectivity index (χ1v) is 12.7. The number of halogens is 1. The lowest BCUT2D eigenvalue weighted by Gasteiger charge is -2.43. The molecule has 2 amide bonds. The van der Waals surface area contributed by atoms with Gasteiger partial charge in [-0.3, -0.25) is 9.88 Å². The van der Waals surface area contributed by atoms with E-state index >= 15 is 0 Å². The molecule has 34 heavy (non-hydrogen) atoms. The Kier molecular flexibility index (Phi) is 5.94. The van der Waals surface area contributed by atoms with Crippen LogP contribution in [0.4, 0.5) is 14.9 Å². The molecule has 0 bridgehead atoms. The number of rotatable bonds is 6. The van der Waals surface area contributed by atoms with Crippen molar-refractivity contribution in [2.45, 2.75) is 51.6 Å². The van der Waals surface area contributed by atoms with Gasteiger partial charge in [0.2, 0.25) is 0 Å². The number of carbonyl (C=O) groups is 1. The van der Waals surface area contributed by atoms with Gasteiger partial charge in [-0.25, -0.2) is 4.79 Å². The maximum absolute atomic E-state index is 13.7. The van der Waals surface area contributed by atoms with Crippen LogP contribution in [0.25, 0.3) is 0 Å². The number of thiophene rings is 1. The van der Waals surface area contributed by atoms with Gasteiger partial charge in [-0.15, -0.1) is 11.3 Å². The van der Waals surface area contributed by atoms with Crippen LogP contribution < -0.4 is 10.6 Å². The lowest BCUT2D eigenvalue weighted by molar-refractivity contribution is 0.109. The molecule has 0 aliphatic carbocycles. The number of para-hydroxylation sites is 1. The molecule has 4 heterocycles. The quantitative estimate of drug-likeness (QED) is 0.455. The minimum atomic E-state index is -0.200. The molecule has 5 rings (SSSR count). The van der Waals surface area contributed by atoms with Crippen LogP contribution in [0.3, 0.4) is 0 Å². The Hall–Kier alpha value is -2.77. The van der Waals surface area contributed by atoms with E-state index in [1.54, 1.807) is 6.07 Å². The zero-order valence-corrected chi connectivity index (χ0v) is 20.7. The molecule has 1 saturated heterocycles. The van der Waals surface area contributed by atoms with Crippen molar-refractivity contribution >= 4 is 23.1 Å². The highest BCUT2D eigenvalue weighted by molar-refractivity contribution is 7.10. The molecule has 2 atom stereocenters. The highest BCUT2D eigenvalue weighted by atomic mass is 32.1. The van der Waals surface area contributed by atoms with Gasteiger partial charge in [0.15, 0.2) is 5.13 Å². The summed E-state index contributed by atoms with van der Waals surface area (Å²) in [6, 6.07) is 15.5. The molecule has 178 valence electrons. The summed E-state index contributed by atoms with van der Waals surface area (Å²) in [6.07, 6.45) is 4.58. The summed E-state index contributed by atoms with van der Waals surface area (Å²) in [7, 11) is 0. The highest BCUT2D eigenvalue weighted by Gasteiger charge is 2.50. The molecular weight excluding hydrogens is 447 g/mol. The molecule has 1 aromatic carbocycles. The zero-order valence-electron chi connectivity index (χ0n) is 19.9. The Morgan fingerprint density at radius 3 is 2.76 bits per heavy atom. The molecular formula is C27H31FN4OS. The van der Waals surface area contributed by atoms with E-state index in [1.165, 1.54) is 16.9 Å². The zero-order chi connectivity index (χ0) is 23.9. The van der Waals surface area contributed by atoms with Crippen molar-refractivity contribution < 1.29 is 9.18 Å². The van der Waals surface area contributed by atoms with E-state index in [-0.39, 0.29) is 28.2 Å². The number of benzene rings is 1. The number of amides is 2. The van der Waals surface area contributed by atoms with E-state index in [0.29, 0.717) is 0 Å². The number of aryl methyl sites for hydroxylation is 2. The van der Waals surface area contributed by atoms with E-state index in [9.17, 15) is 9.18 Å². The van der Waals surface area contributed by atoms with Crippen molar-refractivity contribution in [3.05, 3.63) is 81.6 Å². The molecule has 2 aliphatic heterocycles. The average Bonchev–Trinajstić information content (AvgIpc) is 3.45. The average molecular weight is 479 g/mol. The van der Waals surface area contributed by atoms with Gasteiger partial charge in [0, 0.05) is 40.0 Å². The number of nitrogens with zero attached hydrogens (tertiary/aromatic N) is 2. The summed E-state index contributed by atoms with van der Waals surface area (Å²) in [5.41, 5.74) is 3.81. The fourth-order valence-corrected chi connectivity index (χ4v) is 6.27. The Bertz CT molecular complexity index is 1190. The van der Waals surface area contributed by atoms with E-state index < -0.39 is 0 Å². The van der Waals surface area contributed by atoms with Gasteiger partial charge in [0.05, 0.1) is 6.04 Å². The molecule has 3 aromatic rings. The number of urea groups is 1. The summed E-state index contributed by atoms with van der Waals surface area (Å²) in [6.45, 7) is 8.25. The molecule has 0 spiro atoms. The van der Waals surface area contributed by atoms with Crippen molar-refractivity contribution in [3.8, 4) is 0 Å². The van der Waals surface area contributed by atoms with Crippen LogP contribution in [0, 0.1) is 17.5 Å². The van der Waals surface area contributed by atoms with Crippen LogP contribution in [-0.2, 0) is 12.0 Å². The predicted octanol–water partition coefficient (Wildman–Crippen LogP) is 6.03. The number of hydrogen-bond donors (Lipinski definition) is 2. The van der Waals surface area contributed by atoms with Crippen LogP contribution in [0.2, 0.25) is 0 Å². The predicted molar refractivity (Wildman–Crippen MR) is 135 cm³/mol. The monoisotopic (exact) mass is 478 g/mol. The third-order valence-electron chi connectivity index (χ3n) is 7.70. The first kappa shape index (κ1) is 23.0. The summed E-state index contributed by atoms with van der Waals surface area (Å²) in [5.74, 6) is 0. The number of hydrogen-bond acceptors (Lipinski definition) is 4. The number of anilines is 1. The Morgan fingerprint density at radius 1 is 1.21 bits per heavy atom. The SMILES string of the molecule is Cc1ccc(C(C)(C)N2CC[C@@](CCc3ccc(F)s3)([C@H]3NC(=O)Nc4ccccc43)C2)cn1. The second kappa shape index (κ2) is 8.78. The number of pyridine rings is 1. The second-order valence-corrected chi connectivity index (χ2v) is 11.2. The first-order chi connectivity index (χ1) is 16.3. The van der Waals surface area contributed by atoms with Gasteiger partial charge in [0.1, 0.15) is 0 Å². The van der Waals surface area contributed by atoms with Crippen molar-refractivity contribution in [2.75, 3.05) is 18.4 Å². The van der Waals surface area contributed by atoms with Crippen molar-refractivity contribution in [1.82, 2.24) is 15.2 Å². The molecule has 0 radical (unpaired) electrons. The normalized spacial score (nSPS) is 22.8. The molecule has 5 nitrogen and oxygen atoms in total. The highest BCUT2D eigenvalue weighted by Crippen LogP contribution is 2.51. The Labute approximate surface area is 204 Å².